The van der Waals surface area contributed by atoms with E-state index in [1.165, 1.54) is 11.3 Å². The second-order valence-electron chi connectivity index (χ2n) is 7.35. The predicted octanol–water partition coefficient (Wildman–Crippen LogP) is 3.51. The summed E-state index contributed by atoms with van der Waals surface area (Å²) in [4.78, 5) is 2.26. The summed E-state index contributed by atoms with van der Waals surface area (Å²) >= 11 is 0. The standard InChI is InChI=1S/C22H21N4O2/c1-2-8-19-16(6-1)25-21(28-19)14-5-3-7-17-20(14)15(18-9-4-12-27-18)13-26(17)22-23-10-11-24-22/h1-8,10-13,15,18,21-25H,9H2. The summed E-state index contributed by atoms with van der Waals surface area (Å²) in [5, 5.41) is 10.2. The number of nitrogens with one attached hydrogen (secondary N) is 3. The Kier molecular flexibility index (Phi) is 3.44. The van der Waals surface area contributed by atoms with Crippen LogP contribution < -0.4 is 25.6 Å². The predicted molar refractivity (Wildman–Crippen MR) is 107 cm³/mol. The summed E-state index contributed by atoms with van der Waals surface area (Å²) in [6.07, 6.45) is 8.58. The molecule has 141 valence electrons. The Morgan fingerprint density at radius 1 is 1.00 bits per heavy atom. The highest BCUT2D eigenvalue weighted by Crippen LogP contribution is 2.49. The monoisotopic (exact) mass is 373 g/mol. The van der Waals surface area contributed by atoms with Crippen LogP contribution in [0.15, 0.2) is 67.2 Å². The van der Waals surface area contributed by atoms with Crippen molar-refractivity contribution in [2.45, 2.75) is 31.0 Å². The van der Waals surface area contributed by atoms with Crippen molar-refractivity contribution >= 4 is 11.4 Å². The van der Waals surface area contributed by atoms with Crippen molar-refractivity contribution in [1.29, 1.82) is 0 Å². The smallest absolute Gasteiger partial charge is 0.197 e. The molecule has 0 amide bonds. The fraction of sp³-hybridized carbons (Fsp3) is 0.227. The first-order valence-corrected chi connectivity index (χ1v) is 9.64. The van der Waals surface area contributed by atoms with Crippen molar-refractivity contribution in [3.63, 3.8) is 0 Å². The van der Waals surface area contributed by atoms with Crippen LogP contribution in [0.1, 0.15) is 29.7 Å². The maximum absolute atomic E-state index is 6.25. The van der Waals surface area contributed by atoms with E-state index in [2.05, 4.69) is 57.7 Å². The minimum atomic E-state index is -0.208. The molecule has 28 heavy (non-hydrogen) atoms. The van der Waals surface area contributed by atoms with Crippen LogP contribution in [0.5, 0.6) is 5.75 Å². The summed E-state index contributed by atoms with van der Waals surface area (Å²) in [7, 11) is 0. The molecule has 3 unspecified atom stereocenters. The third kappa shape index (κ3) is 2.34. The summed E-state index contributed by atoms with van der Waals surface area (Å²) in [5.41, 5.74) is 4.62. The van der Waals surface area contributed by atoms with E-state index in [0.717, 1.165) is 23.4 Å². The largest absolute Gasteiger partial charge is 0.497 e. The van der Waals surface area contributed by atoms with Gasteiger partial charge in [0.1, 0.15) is 11.9 Å². The Balaban J connectivity index is 1.40. The van der Waals surface area contributed by atoms with E-state index in [9.17, 15) is 0 Å². The van der Waals surface area contributed by atoms with E-state index in [1.54, 1.807) is 0 Å². The molecule has 4 heterocycles. The molecule has 0 fully saturated rings. The lowest BCUT2D eigenvalue weighted by Crippen LogP contribution is -2.46. The number of fused-ring (bicyclic) bond motifs is 2. The molecule has 6 heteroatoms. The summed E-state index contributed by atoms with van der Waals surface area (Å²) in [5.74, 6) is 1.04. The van der Waals surface area contributed by atoms with Gasteiger partial charge in [0.2, 0.25) is 0 Å². The third-order valence-electron chi connectivity index (χ3n) is 5.74. The first-order chi connectivity index (χ1) is 13.9. The highest BCUT2D eigenvalue weighted by atomic mass is 16.5. The molecule has 0 spiro atoms. The highest BCUT2D eigenvalue weighted by molar-refractivity contribution is 5.69. The molecular weight excluding hydrogens is 352 g/mol. The number of nitrogens with zero attached hydrogens (tertiary/aromatic N) is 1. The van der Waals surface area contributed by atoms with E-state index < -0.39 is 0 Å². The molecule has 0 bridgehead atoms. The van der Waals surface area contributed by atoms with Crippen molar-refractivity contribution in [2.75, 3.05) is 10.2 Å². The van der Waals surface area contributed by atoms with Crippen LogP contribution in [0.3, 0.4) is 0 Å². The molecule has 6 nitrogen and oxygen atoms in total. The Morgan fingerprint density at radius 3 is 2.71 bits per heavy atom. The molecule has 0 aromatic heterocycles. The van der Waals surface area contributed by atoms with E-state index in [4.69, 9.17) is 9.47 Å². The maximum Gasteiger partial charge on any atom is 0.197 e. The van der Waals surface area contributed by atoms with Gasteiger partial charge >= 0.3 is 0 Å². The molecule has 2 aromatic carbocycles. The lowest BCUT2D eigenvalue weighted by molar-refractivity contribution is 0.151. The fourth-order valence-electron chi connectivity index (χ4n) is 4.47. The van der Waals surface area contributed by atoms with Gasteiger partial charge in [-0.15, -0.1) is 0 Å². The number of ether oxygens (including phenoxy) is 2. The van der Waals surface area contributed by atoms with Gasteiger partial charge in [-0.2, -0.15) is 0 Å². The lowest BCUT2D eigenvalue weighted by Gasteiger charge is -2.28. The first kappa shape index (κ1) is 15.7. The average Bonchev–Trinajstić information content (AvgIpc) is 3.52. The zero-order valence-electron chi connectivity index (χ0n) is 15.2. The zero-order valence-corrected chi connectivity index (χ0v) is 15.2. The average molecular weight is 373 g/mol. The molecule has 4 aliphatic heterocycles. The SMILES string of the molecule is [CH]1C(C2CC=CO2)c2c(C3Nc4ccccc4O3)cccc2N1C1NC=CN1. The normalized spacial score (nSPS) is 26.9. The van der Waals surface area contributed by atoms with Crippen LogP contribution in [0.4, 0.5) is 11.4 Å². The highest BCUT2D eigenvalue weighted by Gasteiger charge is 2.42. The van der Waals surface area contributed by atoms with Crippen LogP contribution in [0, 0.1) is 6.54 Å². The van der Waals surface area contributed by atoms with Gasteiger partial charge in [-0.05, 0) is 29.8 Å². The van der Waals surface area contributed by atoms with E-state index in [1.807, 2.05) is 36.9 Å². The minimum absolute atomic E-state index is 0.00279. The van der Waals surface area contributed by atoms with Gasteiger partial charge in [0.25, 0.3) is 0 Å². The molecule has 6 rings (SSSR count). The molecule has 1 radical (unpaired) electrons. The van der Waals surface area contributed by atoms with Crippen LogP contribution in [-0.4, -0.2) is 12.4 Å². The number of para-hydroxylation sites is 2. The Morgan fingerprint density at radius 2 is 1.89 bits per heavy atom. The molecule has 4 aliphatic rings. The first-order valence-electron chi connectivity index (χ1n) is 9.64. The number of rotatable bonds is 3. The number of hydrogen-bond acceptors (Lipinski definition) is 6. The van der Waals surface area contributed by atoms with Gasteiger partial charge in [0.15, 0.2) is 12.5 Å². The minimum Gasteiger partial charge on any atom is -0.497 e. The van der Waals surface area contributed by atoms with Gasteiger partial charge in [-0.1, -0.05) is 24.3 Å². The number of hydrogen-bond donors (Lipinski definition) is 3. The van der Waals surface area contributed by atoms with E-state index in [0.29, 0.717) is 0 Å². The number of anilines is 2. The van der Waals surface area contributed by atoms with Crippen molar-refractivity contribution in [1.82, 2.24) is 10.6 Å². The molecule has 2 aromatic rings. The second-order valence-corrected chi connectivity index (χ2v) is 7.35. The second kappa shape index (κ2) is 6.12. The topological polar surface area (TPSA) is 57.8 Å². The van der Waals surface area contributed by atoms with Crippen molar-refractivity contribution < 1.29 is 9.47 Å². The molecule has 0 aliphatic carbocycles. The molecular formula is C22H21N4O2. The van der Waals surface area contributed by atoms with Gasteiger partial charge in [0.05, 0.1) is 18.5 Å². The van der Waals surface area contributed by atoms with Gasteiger partial charge in [-0.3, -0.25) is 0 Å². The Labute approximate surface area is 163 Å². The van der Waals surface area contributed by atoms with Crippen LogP contribution in [-0.2, 0) is 4.74 Å². The Bertz CT molecular complexity index is 932. The lowest BCUT2D eigenvalue weighted by atomic mass is 9.89. The quantitative estimate of drug-likeness (QED) is 0.766. The molecule has 0 saturated carbocycles. The summed E-state index contributed by atoms with van der Waals surface area (Å²) in [6, 6.07) is 14.5. The van der Waals surface area contributed by atoms with Crippen LogP contribution >= 0.6 is 0 Å². The van der Waals surface area contributed by atoms with E-state index >= 15 is 0 Å². The van der Waals surface area contributed by atoms with Gasteiger partial charge < -0.3 is 30.3 Å². The van der Waals surface area contributed by atoms with Crippen molar-refractivity contribution in [2.24, 2.45) is 0 Å². The number of benzene rings is 2. The Hall–Kier alpha value is -3.28. The molecule has 0 saturated heterocycles. The fourth-order valence-corrected chi connectivity index (χ4v) is 4.47. The zero-order chi connectivity index (χ0) is 18.5. The summed E-state index contributed by atoms with van der Waals surface area (Å²) < 4.78 is 12.2. The maximum atomic E-state index is 6.25. The molecule has 3 N–H and O–H groups in total. The van der Waals surface area contributed by atoms with Gasteiger partial charge in [0, 0.05) is 36.0 Å². The van der Waals surface area contributed by atoms with Crippen molar-refractivity contribution in [3.05, 3.63) is 84.9 Å². The van der Waals surface area contributed by atoms with Crippen LogP contribution in [0.25, 0.3) is 0 Å². The third-order valence-corrected chi connectivity index (χ3v) is 5.74. The van der Waals surface area contributed by atoms with E-state index in [-0.39, 0.29) is 24.5 Å². The molecule has 3 atom stereocenters. The van der Waals surface area contributed by atoms with Crippen LogP contribution in [0.2, 0.25) is 0 Å². The van der Waals surface area contributed by atoms with Gasteiger partial charge in [-0.25, -0.2) is 0 Å². The van der Waals surface area contributed by atoms with Crippen molar-refractivity contribution in [3.8, 4) is 5.75 Å². The summed E-state index contributed by atoms with van der Waals surface area (Å²) in [6.45, 7) is 2.27.